The van der Waals surface area contributed by atoms with Crippen molar-refractivity contribution in [3.05, 3.63) is 23.0 Å². The SMILES string of the molecule is CCCn1c(C)cc(C)c1CC. The van der Waals surface area contributed by atoms with Gasteiger partial charge in [0.25, 0.3) is 0 Å². The lowest BCUT2D eigenvalue weighted by Gasteiger charge is -2.09. The molecule has 1 heterocycles. The Labute approximate surface area is 75.4 Å². The molecule has 0 aliphatic carbocycles. The molecule has 0 aliphatic rings. The van der Waals surface area contributed by atoms with E-state index in [4.69, 9.17) is 0 Å². The van der Waals surface area contributed by atoms with Gasteiger partial charge in [0, 0.05) is 17.9 Å². The molecule has 0 spiro atoms. The molecule has 1 heteroatoms. The highest BCUT2D eigenvalue weighted by Gasteiger charge is 2.05. The van der Waals surface area contributed by atoms with Crippen LogP contribution in [0.5, 0.6) is 0 Å². The minimum Gasteiger partial charge on any atom is -0.349 e. The Morgan fingerprint density at radius 3 is 2.42 bits per heavy atom. The van der Waals surface area contributed by atoms with E-state index in [1.807, 2.05) is 0 Å². The molecule has 0 fully saturated rings. The summed E-state index contributed by atoms with van der Waals surface area (Å²) in [6, 6.07) is 2.29. The van der Waals surface area contributed by atoms with E-state index in [1.54, 1.807) is 0 Å². The van der Waals surface area contributed by atoms with Crippen molar-refractivity contribution in [1.82, 2.24) is 4.57 Å². The summed E-state index contributed by atoms with van der Waals surface area (Å²) in [6.07, 6.45) is 2.38. The molecule has 0 aliphatic heterocycles. The van der Waals surface area contributed by atoms with Crippen LogP contribution in [-0.2, 0) is 13.0 Å². The van der Waals surface area contributed by atoms with Crippen molar-refractivity contribution in [2.75, 3.05) is 0 Å². The Bertz CT molecular complexity index is 258. The van der Waals surface area contributed by atoms with Gasteiger partial charge in [-0.1, -0.05) is 13.8 Å². The van der Waals surface area contributed by atoms with Crippen molar-refractivity contribution >= 4 is 0 Å². The highest BCUT2D eigenvalue weighted by Crippen LogP contribution is 2.15. The zero-order valence-corrected chi connectivity index (χ0v) is 8.65. The fraction of sp³-hybridized carbons (Fsp3) is 0.636. The highest BCUT2D eigenvalue weighted by atomic mass is 15.0. The number of hydrogen-bond donors (Lipinski definition) is 0. The van der Waals surface area contributed by atoms with E-state index >= 15 is 0 Å². The van der Waals surface area contributed by atoms with Crippen LogP contribution in [0.15, 0.2) is 6.07 Å². The highest BCUT2D eigenvalue weighted by molar-refractivity contribution is 5.26. The summed E-state index contributed by atoms with van der Waals surface area (Å²) in [5.74, 6) is 0. The molecule has 0 N–H and O–H groups in total. The second kappa shape index (κ2) is 3.79. The molecule has 1 rings (SSSR count). The number of rotatable bonds is 3. The van der Waals surface area contributed by atoms with E-state index in [9.17, 15) is 0 Å². The van der Waals surface area contributed by atoms with Gasteiger partial charge in [-0.05, 0) is 38.3 Å². The zero-order valence-electron chi connectivity index (χ0n) is 8.65. The topological polar surface area (TPSA) is 4.93 Å². The molecule has 0 aromatic carbocycles. The van der Waals surface area contributed by atoms with Crippen molar-refractivity contribution < 1.29 is 0 Å². The summed E-state index contributed by atoms with van der Waals surface area (Å²) in [4.78, 5) is 0. The summed E-state index contributed by atoms with van der Waals surface area (Å²) in [5, 5.41) is 0. The molecule has 12 heavy (non-hydrogen) atoms. The van der Waals surface area contributed by atoms with Gasteiger partial charge in [-0.2, -0.15) is 0 Å². The summed E-state index contributed by atoms with van der Waals surface area (Å²) in [7, 11) is 0. The van der Waals surface area contributed by atoms with Crippen LogP contribution in [0.3, 0.4) is 0 Å². The monoisotopic (exact) mass is 165 g/mol. The summed E-state index contributed by atoms with van der Waals surface area (Å²) in [6.45, 7) is 10.0. The normalized spacial score (nSPS) is 10.7. The molecule has 0 atom stereocenters. The third-order valence-corrected chi connectivity index (χ3v) is 2.41. The van der Waals surface area contributed by atoms with Gasteiger partial charge < -0.3 is 4.57 Å². The zero-order chi connectivity index (χ0) is 9.14. The number of hydrogen-bond acceptors (Lipinski definition) is 0. The average molecular weight is 165 g/mol. The molecule has 0 saturated carbocycles. The third kappa shape index (κ3) is 1.55. The van der Waals surface area contributed by atoms with E-state index in [2.05, 4.69) is 38.3 Å². The third-order valence-electron chi connectivity index (χ3n) is 2.41. The Balaban J connectivity index is 3.04. The predicted octanol–water partition coefficient (Wildman–Crippen LogP) is 3.08. The van der Waals surface area contributed by atoms with Gasteiger partial charge in [0.05, 0.1) is 0 Å². The van der Waals surface area contributed by atoms with Crippen LogP contribution in [0, 0.1) is 13.8 Å². The van der Waals surface area contributed by atoms with Crippen LogP contribution in [0.25, 0.3) is 0 Å². The van der Waals surface area contributed by atoms with Crippen molar-refractivity contribution in [2.45, 2.75) is 47.1 Å². The fourth-order valence-electron chi connectivity index (χ4n) is 1.90. The van der Waals surface area contributed by atoms with E-state index in [0.29, 0.717) is 0 Å². The molecule has 0 bridgehead atoms. The standard InChI is InChI=1S/C11H19N/c1-5-7-12-10(4)8-9(3)11(12)6-2/h8H,5-7H2,1-4H3. The Kier molecular flexibility index (Phi) is 2.96. The molecule has 1 aromatic heterocycles. The Hall–Kier alpha value is -0.720. The maximum atomic E-state index is 2.44. The van der Waals surface area contributed by atoms with Gasteiger partial charge in [-0.25, -0.2) is 0 Å². The van der Waals surface area contributed by atoms with Gasteiger partial charge in [0.15, 0.2) is 0 Å². The van der Waals surface area contributed by atoms with Crippen LogP contribution in [-0.4, -0.2) is 4.57 Å². The first-order chi connectivity index (χ1) is 5.70. The maximum Gasteiger partial charge on any atom is 0.0222 e. The van der Waals surface area contributed by atoms with Crippen molar-refractivity contribution in [3.8, 4) is 0 Å². The predicted molar refractivity (Wildman–Crippen MR) is 53.6 cm³/mol. The molecule has 0 saturated heterocycles. The second-order valence-electron chi connectivity index (χ2n) is 3.42. The molecule has 68 valence electrons. The maximum absolute atomic E-state index is 2.44. The number of nitrogens with zero attached hydrogens (tertiary/aromatic N) is 1. The summed E-state index contributed by atoms with van der Waals surface area (Å²) < 4.78 is 2.44. The number of aromatic nitrogens is 1. The van der Waals surface area contributed by atoms with E-state index < -0.39 is 0 Å². The lowest BCUT2D eigenvalue weighted by molar-refractivity contribution is 0.635. The van der Waals surface area contributed by atoms with Gasteiger partial charge in [0.1, 0.15) is 0 Å². The molecule has 1 nitrogen and oxygen atoms in total. The molecule has 0 radical (unpaired) electrons. The lowest BCUT2D eigenvalue weighted by Crippen LogP contribution is -2.03. The summed E-state index contributed by atoms with van der Waals surface area (Å²) in [5.41, 5.74) is 4.36. The van der Waals surface area contributed by atoms with Gasteiger partial charge in [-0.15, -0.1) is 0 Å². The van der Waals surface area contributed by atoms with Crippen LogP contribution in [0.4, 0.5) is 0 Å². The molecule has 0 unspecified atom stereocenters. The minimum atomic E-state index is 1.15. The van der Waals surface area contributed by atoms with Crippen molar-refractivity contribution in [1.29, 1.82) is 0 Å². The van der Waals surface area contributed by atoms with Crippen LogP contribution >= 0.6 is 0 Å². The van der Waals surface area contributed by atoms with E-state index in [1.165, 1.54) is 29.9 Å². The average Bonchev–Trinajstić information content (AvgIpc) is 2.28. The van der Waals surface area contributed by atoms with E-state index in [-0.39, 0.29) is 0 Å². The first-order valence-corrected chi connectivity index (χ1v) is 4.86. The summed E-state index contributed by atoms with van der Waals surface area (Å²) >= 11 is 0. The fourth-order valence-corrected chi connectivity index (χ4v) is 1.90. The van der Waals surface area contributed by atoms with Gasteiger partial charge >= 0.3 is 0 Å². The van der Waals surface area contributed by atoms with Crippen LogP contribution < -0.4 is 0 Å². The largest absolute Gasteiger partial charge is 0.349 e. The first-order valence-electron chi connectivity index (χ1n) is 4.86. The molecule has 0 amide bonds. The van der Waals surface area contributed by atoms with Crippen LogP contribution in [0.2, 0.25) is 0 Å². The molecular formula is C11H19N. The van der Waals surface area contributed by atoms with Gasteiger partial charge in [0.2, 0.25) is 0 Å². The first kappa shape index (κ1) is 9.37. The van der Waals surface area contributed by atoms with Crippen molar-refractivity contribution in [2.24, 2.45) is 0 Å². The van der Waals surface area contributed by atoms with E-state index in [0.717, 1.165) is 6.42 Å². The lowest BCUT2D eigenvalue weighted by atomic mass is 10.2. The number of aryl methyl sites for hydroxylation is 2. The minimum absolute atomic E-state index is 1.15. The quantitative estimate of drug-likeness (QED) is 0.648. The van der Waals surface area contributed by atoms with Gasteiger partial charge in [-0.3, -0.25) is 0 Å². The molecular weight excluding hydrogens is 146 g/mol. The van der Waals surface area contributed by atoms with Crippen LogP contribution in [0.1, 0.15) is 37.2 Å². The second-order valence-corrected chi connectivity index (χ2v) is 3.42. The Morgan fingerprint density at radius 1 is 1.25 bits per heavy atom. The Morgan fingerprint density at radius 2 is 1.92 bits per heavy atom. The smallest absolute Gasteiger partial charge is 0.0222 e. The molecule has 1 aromatic rings. The van der Waals surface area contributed by atoms with Crippen molar-refractivity contribution in [3.63, 3.8) is 0 Å².